The van der Waals surface area contributed by atoms with Crippen molar-refractivity contribution >= 4 is 0 Å². The first-order valence-electron chi connectivity index (χ1n) is 10.5. The van der Waals surface area contributed by atoms with E-state index in [1.54, 1.807) is 0 Å². The van der Waals surface area contributed by atoms with Gasteiger partial charge in [0.2, 0.25) is 5.79 Å². The van der Waals surface area contributed by atoms with Gasteiger partial charge >= 0.3 is 0 Å². The average molecular weight is 360 g/mol. The maximum absolute atomic E-state index is 11.2. The third-order valence-corrected chi connectivity index (χ3v) is 6.91. The Morgan fingerprint density at radius 1 is 1.04 bits per heavy atom. The van der Waals surface area contributed by atoms with Gasteiger partial charge in [0, 0.05) is 5.57 Å². The maximum atomic E-state index is 11.2. The smallest absolute Gasteiger partial charge is 0.205 e. The van der Waals surface area contributed by atoms with Gasteiger partial charge in [0.15, 0.2) is 0 Å². The maximum Gasteiger partial charge on any atom is 0.205 e. The highest BCUT2D eigenvalue weighted by atomic mass is 16.6. The number of aliphatic hydroxyl groups excluding tert-OH is 1. The van der Waals surface area contributed by atoms with Crippen LogP contribution in [-0.2, 0) is 4.74 Å². The predicted octanol–water partition coefficient (Wildman–Crippen LogP) is 3.49. The van der Waals surface area contributed by atoms with Crippen LogP contribution in [0, 0.1) is 5.92 Å². The lowest BCUT2D eigenvalue weighted by atomic mass is 9.75. The molecule has 4 aliphatic rings. The molecule has 144 valence electrons. The van der Waals surface area contributed by atoms with E-state index >= 15 is 0 Å². The summed E-state index contributed by atoms with van der Waals surface area (Å²) in [4.78, 5) is 0. The summed E-state index contributed by atoms with van der Waals surface area (Å²) in [7, 11) is 0. The molecule has 0 bridgehead atoms. The zero-order valence-corrected chi connectivity index (χ0v) is 15.8. The SMILES string of the molecule is NC[C@@]1(O)O[C@@H](C2CCCCC2)CC2=C1C=CC(=C1CCCCC1)C2O. The van der Waals surface area contributed by atoms with Crippen LogP contribution in [0.1, 0.15) is 70.6 Å². The second-order valence-corrected chi connectivity index (χ2v) is 8.54. The second-order valence-electron chi connectivity index (χ2n) is 8.54. The van der Waals surface area contributed by atoms with E-state index in [1.165, 1.54) is 44.1 Å². The van der Waals surface area contributed by atoms with Crippen molar-refractivity contribution in [2.45, 2.75) is 88.6 Å². The molecule has 0 radical (unpaired) electrons. The molecule has 2 saturated carbocycles. The van der Waals surface area contributed by atoms with E-state index in [-0.39, 0.29) is 12.6 Å². The zero-order chi connectivity index (χ0) is 18.1. The molecule has 4 rings (SSSR count). The molecule has 4 heteroatoms. The first kappa shape index (κ1) is 18.4. The highest BCUT2D eigenvalue weighted by Gasteiger charge is 2.45. The van der Waals surface area contributed by atoms with Crippen molar-refractivity contribution < 1.29 is 14.9 Å². The molecule has 2 fully saturated rings. The molecular formula is C22H33NO3. The molecule has 4 N–H and O–H groups in total. The van der Waals surface area contributed by atoms with Gasteiger partial charge in [0.05, 0.1) is 12.6 Å². The highest BCUT2D eigenvalue weighted by Crippen LogP contribution is 2.44. The first-order valence-corrected chi connectivity index (χ1v) is 10.5. The Kier molecular flexibility index (Phi) is 5.38. The van der Waals surface area contributed by atoms with Crippen LogP contribution in [0.5, 0.6) is 0 Å². The number of allylic oxidation sites excluding steroid dienone is 1. The number of rotatable bonds is 2. The molecule has 0 aromatic heterocycles. The number of hydrogen-bond donors (Lipinski definition) is 3. The molecule has 0 saturated heterocycles. The summed E-state index contributed by atoms with van der Waals surface area (Å²) < 4.78 is 6.16. The van der Waals surface area contributed by atoms with Crippen LogP contribution in [0.25, 0.3) is 0 Å². The van der Waals surface area contributed by atoms with Crippen molar-refractivity contribution in [3.8, 4) is 0 Å². The van der Waals surface area contributed by atoms with Crippen molar-refractivity contribution in [1.82, 2.24) is 0 Å². The second kappa shape index (κ2) is 7.59. The van der Waals surface area contributed by atoms with Crippen LogP contribution in [0.3, 0.4) is 0 Å². The standard InChI is InChI=1S/C22H33NO3/c23-14-22(25)19-12-11-17(15-7-3-1-4-8-15)21(24)18(19)13-20(26-22)16-9-5-2-6-10-16/h11-12,16,20-21,24-25H,1-10,13-14,23H2/t20-,21?,22-/m1/s1. The monoisotopic (exact) mass is 359 g/mol. The third-order valence-electron chi connectivity index (χ3n) is 6.91. The number of aliphatic hydroxyl groups is 2. The molecule has 3 aliphatic carbocycles. The topological polar surface area (TPSA) is 75.7 Å². The normalized spacial score (nSPS) is 36.4. The summed E-state index contributed by atoms with van der Waals surface area (Å²) >= 11 is 0. The Morgan fingerprint density at radius 2 is 1.73 bits per heavy atom. The average Bonchev–Trinajstić information content (AvgIpc) is 2.70. The lowest BCUT2D eigenvalue weighted by Gasteiger charge is -2.45. The fourth-order valence-corrected chi connectivity index (χ4v) is 5.39. The third kappa shape index (κ3) is 3.33. The molecule has 0 spiro atoms. The van der Waals surface area contributed by atoms with E-state index in [0.29, 0.717) is 17.9 Å². The Balaban J connectivity index is 1.65. The largest absolute Gasteiger partial charge is 0.384 e. The molecule has 0 aromatic carbocycles. The van der Waals surface area contributed by atoms with Gasteiger partial charge in [-0.2, -0.15) is 0 Å². The van der Waals surface area contributed by atoms with Crippen LogP contribution in [0.2, 0.25) is 0 Å². The van der Waals surface area contributed by atoms with E-state index in [0.717, 1.165) is 36.8 Å². The summed E-state index contributed by atoms with van der Waals surface area (Å²) in [5.74, 6) is -1.00. The Bertz CT molecular complexity index is 621. The van der Waals surface area contributed by atoms with Gasteiger partial charge in [-0.25, -0.2) is 0 Å². The fraction of sp³-hybridized carbons (Fsp3) is 0.727. The van der Waals surface area contributed by atoms with E-state index < -0.39 is 11.9 Å². The lowest BCUT2D eigenvalue weighted by molar-refractivity contribution is -0.218. The molecule has 0 aromatic rings. The quantitative estimate of drug-likeness (QED) is 0.705. The van der Waals surface area contributed by atoms with Crippen LogP contribution in [0.4, 0.5) is 0 Å². The summed E-state index contributed by atoms with van der Waals surface area (Å²) in [5.41, 5.74) is 10.0. The Morgan fingerprint density at radius 3 is 2.42 bits per heavy atom. The van der Waals surface area contributed by atoms with Gasteiger partial charge in [-0.1, -0.05) is 43.4 Å². The summed E-state index contributed by atoms with van der Waals surface area (Å²) in [6.45, 7) is 0.0258. The minimum Gasteiger partial charge on any atom is -0.384 e. The molecule has 0 amide bonds. The van der Waals surface area contributed by atoms with Crippen molar-refractivity contribution in [3.05, 3.63) is 34.4 Å². The lowest BCUT2D eigenvalue weighted by Crippen LogP contribution is -2.52. The summed E-state index contributed by atoms with van der Waals surface area (Å²) in [6.07, 6.45) is 15.9. The van der Waals surface area contributed by atoms with Gasteiger partial charge in [-0.3, -0.25) is 0 Å². The molecule has 1 aliphatic heterocycles. The van der Waals surface area contributed by atoms with E-state index in [4.69, 9.17) is 10.5 Å². The summed E-state index contributed by atoms with van der Waals surface area (Å²) in [5, 5.41) is 22.3. The molecular weight excluding hydrogens is 326 g/mol. The van der Waals surface area contributed by atoms with E-state index in [1.807, 2.05) is 12.2 Å². The minimum atomic E-state index is -1.46. The van der Waals surface area contributed by atoms with Crippen LogP contribution < -0.4 is 5.73 Å². The van der Waals surface area contributed by atoms with E-state index in [2.05, 4.69) is 0 Å². The fourth-order valence-electron chi connectivity index (χ4n) is 5.39. The zero-order valence-electron chi connectivity index (χ0n) is 15.8. The summed E-state index contributed by atoms with van der Waals surface area (Å²) in [6, 6.07) is 0. The Labute approximate surface area is 156 Å². The molecule has 26 heavy (non-hydrogen) atoms. The van der Waals surface area contributed by atoms with Gasteiger partial charge in [0.25, 0.3) is 0 Å². The number of nitrogens with two attached hydrogens (primary N) is 1. The Hall–Kier alpha value is -0.940. The molecule has 1 unspecified atom stereocenters. The first-order chi connectivity index (χ1) is 12.6. The van der Waals surface area contributed by atoms with Crippen molar-refractivity contribution in [3.63, 3.8) is 0 Å². The van der Waals surface area contributed by atoms with Crippen molar-refractivity contribution in [2.75, 3.05) is 6.54 Å². The van der Waals surface area contributed by atoms with Crippen LogP contribution in [0.15, 0.2) is 34.4 Å². The number of hydrogen-bond acceptors (Lipinski definition) is 4. The predicted molar refractivity (Wildman–Crippen MR) is 102 cm³/mol. The van der Waals surface area contributed by atoms with Gasteiger partial charge < -0.3 is 20.7 Å². The van der Waals surface area contributed by atoms with Crippen molar-refractivity contribution in [2.24, 2.45) is 11.7 Å². The highest BCUT2D eigenvalue weighted by molar-refractivity contribution is 5.51. The molecule has 3 atom stereocenters. The van der Waals surface area contributed by atoms with Gasteiger partial charge in [0.1, 0.15) is 6.10 Å². The van der Waals surface area contributed by atoms with Crippen molar-refractivity contribution in [1.29, 1.82) is 0 Å². The minimum absolute atomic E-state index is 0.0258. The number of ether oxygens (including phenoxy) is 1. The van der Waals surface area contributed by atoms with Gasteiger partial charge in [-0.05, 0) is 62.0 Å². The van der Waals surface area contributed by atoms with Gasteiger partial charge in [-0.15, -0.1) is 0 Å². The molecule has 4 nitrogen and oxygen atoms in total. The van der Waals surface area contributed by atoms with Crippen LogP contribution >= 0.6 is 0 Å². The molecule has 1 heterocycles. The van der Waals surface area contributed by atoms with E-state index in [9.17, 15) is 10.2 Å². The van der Waals surface area contributed by atoms with Crippen LogP contribution in [-0.4, -0.2) is 34.8 Å².